The minimum Gasteiger partial charge on any atom is -0.374 e. The van der Waals surface area contributed by atoms with E-state index in [9.17, 15) is 4.79 Å². The van der Waals surface area contributed by atoms with Crippen molar-refractivity contribution in [3.63, 3.8) is 0 Å². The van der Waals surface area contributed by atoms with E-state index in [0.29, 0.717) is 37.0 Å². The minimum absolute atomic E-state index is 0.246. The molecule has 0 saturated carbocycles. The summed E-state index contributed by atoms with van der Waals surface area (Å²) in [5.41, 5.74) is 5.25. The van der Waals surface area contributed by atoms with E-state index in [1.54, 1.807) is 12.1 Å². The number of benzene rings is 5. The highest BCUT2D eigenvalue weighted by Gasteiger charge is 2.49. The Morgan fingerprint density at radius 1 is 0.562 bits per heavy atom. The summed E-state index contributed by atoms with van der Waals surface area (Å²) >= 11 is 6.37. The van der Waals surface area contributed by atoms with Crippen molar-refractivity contribution in [1.29, 1.82) is 0 Å². The molecule has 6 rings (SSSR count). The molecule has 0 amide bonds. The fraction of sp³-hybridized carbons (Fsp3) is 0.244. The van der Waals surface area contributed by atoms with Gasteiger partial charge >= 0.3 is 0 Å². The minimum atomic E-state index is -0.618. The monoisotopic (exact) mass is 662 g/mol. The van der Waals surface area contributed by atoms with E-state index in [0.717, 1.165) is 34.1 Å². The summed E-state index contributed by atoms with van der Waals surface area (Å²) in [6, 6.07) is 45.4. The lowest BCUT2D eigenvalue weighted by molar-refractivity contribution is -0.275. The van der Waals surface area contributed by atoms with Crippen molar-refractivity contribution in [1.82, 2.24) is 0 Å². The molecule has 1 aliphatic rings. The van der Waals surface area contributed by atoms with Crippen LogP contribution in [0.25, 0.3) is 0 Å². The van der Waals surface area contributed by atoms with Gasteiger partial charge in [-0.3, -0.25) is 4.79 Å². The van der Waals surface area contributed by atoms with Crippen LogP contribution in [-0.2, 0) is 50.1 Å². The highest BCUT2D eigenvalue weighted by Crippen LogP contribution is 2.39. The summed E-state index contributed by atoms with van der Waals surface area (Å²) in [5, 5.41) is 0.370. The zero-order valence-electron chi connectivity index (χ0n) is 26.6. The standard InChI is InChI=1S/C41H39ClO6/c42-36-22-21-34(23-35(36)24-43)38-40(46-27-32-17-9-3-10-18-32)41(47-28-33-19-11-4-12-20-33)39(45-26-31-15-7-2-8-16-31)37(48-38)29-44-25-30-13-5-1-6-14-30/h1-24,37-41H,25-29H2/t37-,38+,39-,40+,41+/m1/s1. The van der Waals surface area contributed by atoms with Crippen molar-refractivity contribution in [3.05, 3.63) is 178 Å². The molecule has 1 saturated heterocycles. The Hall–Kier alpha value is -4.14. The van der Waals surface area contributed by atoms with Crippen LogP contribution in [0.5, 0.6) is 0 Å². The number of hydrogen-bond donors (Lipinski definition) is 0. The van der Waals surface area contributed by atoms with E-state index in [2.05, 4.69) is 0 Å². The average Bonchev–Trinajstić information content (AvgIpc) is 3.14. The smallest absolute Gasteiger partial charge is 0.151 e. The third kappa shape index (κ3) is 9.05. The van der Waals surface area contributed by atoms with Crippen LogP contribution >= 0.6 is 11.6 Å². The normalized spacial score (nSPS) is 20.7. The largest absolute Gasteiger partial charge is 0.374 e. The molecular formula is C41H39ClO6. The lowest BCUT2D eigenvalue weighted by atomic mass is 9.89. The van der Waals surface area contributed by atoms with E-state index in [1.165, 1.54) is 0 Å². The van der Waals surface area contributed by atoms with Crippen LogP contribution in [0.3, 0.4) is 0 Å². The average molecular weight is 663 g/mol. The fourth-order valence-electron chi connectivity index (χ4n) is 5.89. The van der Waals surface area contributed by atoms with E-state index < -0.39 is 30.5 Å². The van der Waals surface area contributed by atoms with Gasteiger partial charge in [-0.15, -0.1) is 0 Å². The lowest BCUT2D eigenvalue weighted by Gasteiger charge is -2.46. The maximum Gasteiger partial charge on any atom is 0.151 e. The third-order valence-electron chi connectivity index (χ3n) is 8.36. The summed E-state index contributed by atoms with van der Waals surface area (Å²) in [6.45, 7) is 1.67. The Balaban J connectivity index is 1.37. The fourth-order valence-corrected chi connectivity index (χ4v) is 6.05. The van der Waals surface area contributed by atoms with Crippen LogP contribution < -0.4 is 0 Å². The first-order chi connectivity index (χ1) is 23.7. The highest BCUT2D eigenvalue weighted by atomic mass is 35.5. The van der Waals surface area contributed by atoms with Gasteiger partial charge < -0.3 is 23.7 Å². The van der Waals surface area contributed by atoms with Gasteiger partial charge in [-0.1, -0.05) is 139 Å². The Morgan fingerprint density at radius 3 is 1.52 bits per heavy atom. The molecule has 0 radical (unpaired) electrons. The topological polar surface area (TPSA) is 63.2 Å². The molecule has 0 spiro atoms. The van der Waals surface area contributed by atoms with Gasteiger partial charge in [0.1, 0.15) is 30.5 Å². The predicted octanol–water partition coefficient (Wildman–Crippen LogP) is 8.57. The van der Waals surface area contributed by atoms with Gasteiger partial charge in [0.05, 0.1) is 38.1 Å². The molecule has 1 aliphatic heterocycles. The second kappa shape index (κ2) is 17.3. The zero-order chi connectivity index (χ0) is 33.0. The van der Waals surface area contributed by atoms with Crippen LogP contribution in [0.2, 0.25) is 5.02 Å². The number of hydrogen-bond acceptors (Lipinski definition) is 6. The van der Waals surface area contributed by atoms with Crippen LogP contribution in [0.1, 0.15) is 44.3 Å². The molecular weight excluding hydrogens is 624 g/mol. The SMILES string of the molecule is O=Cc1cc([C@@H]2O[C@H](COCc3ccccc3)[C@@H](OCc3ccccc3)[C@H](OCc3ccccc3)[C@H]2OCc2ccccc2)ccc1Cl. The van der Waals surface area contributed by atoms with Gasteiger partial charge in [0.25, 0.3) is 0 Å². The maximum absolute atomic E-state index is 12.0. The van der Waals surface area contributed by atoms with Gasteiger partial charge in [-0.2, -0.15) is 0 Å². The number of halogens is 1. The lowest BCUT2D eigenvalue weighted by Crippen LogP contribution is -2.58. The number of aldehydes is 1. The van der Waals surface area contributed by atoms with Crippen molar-refractivity contribution in [2.24, 2.45) is 0 Å². The third-order valence-corrected chi connectivity index (χ3v) is 8.70. The van der Waals surface area contributed by atoms with Gasteiger partial charge in [-0.05, 0) is 39.9 Å². The van der Waals surface area contributed by atoms with Crippen molar-refractivity contribution >= 4 is 17.9 Å². The Kier molecular flexibility index (Phi) is 12.2. The summed E-state index contributed by atoms with van der Waals surface area (Å²) < 4.78 is 33.5. The van der Waals surface area contributed by atoms with Crippen molar-refractivity contribution < 1.29 is 28.5 Å². The molecule has 0 unspecified atom stereocenters. The molecule has 0 N–H and O–H groups in total. The molecule has 48 heavy (non-hydrogen) atoms. The summed E-state index contributed by atoms with van der Waals surface area (Å²) in [7, 11) is 0. The zero-order valence-corrected chi connectivity index (χ0v) is 27.4. The second-order valence-electron chi connectivity index (χ2n) is 11.8. The van der Waals surface area contributed by atoms with Gasteiger partial charge in [0.2, 0.25) is 0 Å². The number of carbonyl (C=O) groups is 1. The summed E-state index contributed by atoms with van der Waals surface area (Å²) in [6.07, 6.45) is -2.13. The second-order valence-corrected chi connectivity index (χ2v) is 12.2. The molecule has 5 atom stereocenters. The van der Waals surface area contributed by atoms with Crippen molar-refractivity contribution in [2.75, 3.05) is 6.61 Å². The molecule has 1 fully saturated rings. The Bertz CT molecular complexity index is 1690. The van der Waals surface area contributed by atoms with Gasteiger partial charge in [0, 0.05) is 5.56 Å². The van der Waals surface area contributed by atoms with E-state index in [1.807, 2.05) is 127 Å². The first kappa shape index (κ1) is 33.7. The summed E-state index contributed by atoms with van der Waals surface area (Å²) in [5.74, 6) is 0. The molecule has 5 aromatic rings. The number of carbonyl (C=O) groups excluding carboxylic acids is 1. The van der Waals surface area contributed by atoms with Crippen molar-refractivity contribution in [2.45, 2.75) is 56.9 Å². The van der Waals surface area contributed by atoms with Gasteiger partial charge in [-0.25, -0.2) is 0 Å². The predicted molar refractivity (Wildman–Crippen MR) is 186 cm³/mol. The Morgan fingerprint density at radius 2 is 1.02 bits per heavy atom. The van der Waals surface area contributed by atoms with Gasteiger partial charge in [0.15, 0.2) is 6.29 Å². The number of rotatable bonds is 15. The molecule has 7 heteroatoms. The first-order valence-electron chi connectivity index (χ1n) is 16.2. The van der Waals surface area contributed by atoms with E-state index in [4.69, 9.17) is 35.3 Å². The molecule has 0 bridgehead atoms. The molecule has 0 aliphatic carbocycles. The quantitative estimate of drug-likeness (QED) is 0.105. The van der Waals surface area contributed by atoms with Crippen LogP contribution in [-0.4, -0.2) is 37.3 Å². The number of ether oxygens (including phenoxy) is 5. The molecule has 1 heterocycles. The Labute approximate surface area is 287 Å². The molecule has 246 valence electrons. The van der Waals surface area contributed by atoms with Crippen LogP contribution in [0.4, 0.5) is 0 Å². The van der Waals surface area contributed by atoms with Crippen LogP contribution in [0, 0.1) is 0 Å². The maximum atomic E-state index is 12.0. The first-order valence-corrected chi connectivity index (χ1v) is 16.5. The molecule has 5 aromatic carbocycles. The van der Waals surface area contributed by atoms with E-state index in [-0.39, 0.29) is 6.61 Å². The van der Waals surface area contributed by atoms with E-state index >= 15 is 0 Å². The summed E-state index contributed by atoms with van der Waals surface area (Å²) in [4.78, 5) is 12.0. The van der Waals surface area contributed by atoms with Crippen molar-refractivity contribution in [3.8, 4) is 0 Å². The highest BCUT2D eigenvalue weighted by molar-refractivity contribution is 6.32. The molecule has 0 aromatic heterocycles. The van der Waals surface area contributed by atoms with Crippen LogP contribution in [0.15, 0.2) is 140 Å². The molecule has 6 nitrogen and oxygen atoms in total.